The molecule has 3 aliphatic rings. The van der Waals surface area contributed by atoms with Crippen LogP contribution >= 0.6 is 0 Å². The predicted molar refractivity (Wildman–Crippen MR) is 118 cm³/mol. The van der Waals surface area contributed by atoms with Crippen molar-refractivity contribution in [3.63, 3.8) is 0 Å². The summed E-state index contributed by atoms with van der Waals surface area (Å²) in [6.45, 7) is 8.23. The fourth-order valence-electron chi connectivity index (χ4n) is 4.72. The van der Waals surface area contributed by atoms with Crippen molar-refractivity contribution in [1.82, 2.24) is 20.0 Å². The van der Waals surface area contributed by atoms with E-state index in [0.717, 1.165) is 23.5 Å². The zero-order valence-corrected chi connectivity index (χ0v) is 18.7. The zero-order valence-electron chi connectivity index (χ0n) is 18.7. The molecule has 5 rings (SSSR count). The predicted octanol–water partition coefficient (Wildman–Crippen LogP) is 3.96. The number of carbonyl (C=O) groups is 1. The van der Waals surface area contributed by atoms with Gasteiger partial charge in [-0.25, -0.2) is 9.48 Å². The molecule has 3 heterocycles. The minimum Gasteiger partial charge on any atom is -0.475 e. The fourth-order valence-corrected chi connectivity index (χ4v) is 4.72. The van der Waals surface area contributed by atoms with Crippen molar-refractivity contribution in [2.24, 2.45) is 0 Å². The molecule has 1 N–H and O–H groups in total. The average molecular weight is 425 g/mol. The number of ether oxygens (including phenoxy) is 2. The number of nitrogens with one attached hydrogen (secondary N) is 1. The van der Waals surface area contributed by atoms with Gasteiger partial charge in [-0.3, -0.25) is 4.90 Å². The van der Waals surface area contributed by atoms with Crippen LogP contribution in [0.4, 0.5) is 4.79 Å². The van der Waals surface area contributed by atoms with Gasteiger partial charge in [0.05, 0.1) is 23.0 Å². The monoisotopic (exact) mass is 424 g/mol. The number of aromatic nitrogens is 2. The first-order valence-electron chi connectivity index (χ1n) is 11.5. The number of rotatable bonds is 2. The van der Waals surface area contributed by atoms with Crippen LogP contribution in [0.15, 0.2) is 24.3 Å². The first-order valence-corrected chi connectivity index (χ1v) is 11.5. The summed E-state index contributed by atoms with van der Waals surface area (Å²) in [5.41, 5.74) is 4.07. The Balaban J connectivity index is 1.49. The van der Waals surface area contributed by atoms with Gasteiger partial charge in [-0.2, -0.15) is 0 Å². The second-order valence-corrected chi connectivity index (χ2v) is 9.79. The molecule has 1 fully saturated rings. The van der Waals surface area contributed by atoms with Gasteiger partial charge in [0.1, 0.15) is 12.2 Å². The molecule has 0 bridgehead atoms. The number of benzene rings is 1. The van der Waals surface area contributed by atoms with Gasteiger partial charge >= 0.3 is 6.09 Å². The van der Waals surface area contributed by atoms with Crippen LogP contribution in [0.2, 0.25) is 0 Å². The summed E-state index contributed by atoms with van der Waals surface area (Å²) in [7, 11) is 0. The maximum Gasteiger partial charge on any atom is 0.410 e. The van der Waals surface area contributed by atoms with Crippen LogP contribution in [0.5, 0.6) is 5.88 Å². The van der Waals surface area contributed by atoms with Gasteiger partial charge in [-0.05, 0) is 57.2 Å². The third-order valence-electron chi connectivity index (χ3n) is 6.48. The van der Waals surface area contributed by atoms with Crippen molar-refractivity contribution in [2.75, 3.05) is 26.2 Å². The molecule has 0 spiro atoms. The minimum absolute atomic E-state index is 0.156. The molecule has 2 aliphatic heterocycles. The van der Waals surface area contributed by atoms with Crippen molar-refractivity contribution in [1.29, 1.82) is 0 Å². The van der Waals surface area contributed by atoms with Crippen molar-refractivity contribution < 1.29 is 14.3 Å². The Morgan fingerprint density at radius 2 is 2.00 bits per heavy atom. The summed E-state index contributed by atoms with van der Waals surface area (Å²) in [6, 6.07) is 8.65. The van der Waals surface area contributed by atoms with Gasteiger partial charge in [0.15, 0.2) is 0 Å². The van der Waals surface area contributed by atoms with E-state index in [-0.39, 0.29) is 12.1 Å². The highest BCUT2D eigenvalue weighted by molar-refractivity contribution is 5.70. The van der Waals surface area contributed by atoms with E-state index in [1.165, 1.54) is 24.8 Å². The van der Waals surface area contributed by atoms with Crippen molar-refractivity contribution in [2.45, 2.75) is 64.0 Å². The Morgan fingerprint density at radius 1 is 1.23 bits per heavy atom. The molecule has 2 aromatic rings. The molecular formula is C24H32N4O3. The number of hydrogen-bond acceptors (Lipinski definition) is 5. The standard InChI is InChI=1S/C24H32N4O3/c1-24(2,3)31-23(29)27-13-11-19-21-20(27)15-25-12-14-30-22(21)26-28(19)18-9-7-17(8-10-18)16-5-4-6-16/h7-10,16,20,25H,4-6,11-15H2,1-3H3. The largest absolute Gasteiger partial charge is 0.475 e. The first-order chi connectivity index (χ1) is 14.9. The van der Waals surface area contributed by atoms with E-state index < -0.39 is 5.60 Å². The molecule has 1 aliphatic carbocycles. The Morgan fingerprint density at radius 3 is 2.68 bits per heavy atom. The van der Waals surface area contributed by atoms with E-state index in [1.54, 1.807) is 0 Å². The Kier molecular flexibility index (Phi) is 5.16. The zero-order chi connectivity index (χ0) is 21.6. The third-order valence-corrected chi connectivity index (χ3v) is 6.48. The molecule has 1 amide bonds. The smallest absolute Gasteiger partial charge is 0.410 e. The maximum absolute atomic E-state index is 12.9. The van der Waals surface area contributed by atoms with Gasteiger partial charge in [0.2, 0.25) is 5.88 Å². The van der Waals surface area contributed by atoms with Crippen LogP contribution < -0.4 is 10.1 Å². The van der Waals surface area contributed by atoms with Crippen LogP contribution in [-0.4, -0.2) is 52.6 Å². The lowest BCUT2D eigenvalue weighted by molar-refractivity contribution is 0.0133. The fraction of sp³-hybridized carbons (Fsp3) is 0.583. The summed E-state index contributed by atoms with van der Waals surface area (Å²) in [4.78, 5) is 14.8. The topological polar surface area (TPSA) is 68.6 Å². The molecule has 0 radical (unpaired) electrons. The molecular weight excluding hydrogens is 392 g/mol. The number of carbonyl (C=O) groups excluding carboxylic acids is 1. The lowest BCUT2D eigenvalue weighted by Crippen LogP contribution is -2.47. The van der Waals surface area contributed by atoms with Crippen LogP contribution in [0, 0.1) is 0 Å². The maximum atomic E-state index is 12.9. The second kappa shape index (κ2) is 7.86. The molecule has 7 nitrogen and oxygen atoms in total. The first kappa shape index (κ1) is 20.4. The minimum atomic E-state index is -0.530. The Hall–Kier alpha value is -2.54. The third kappa shape index (κ3) is 3.91. The van der Waals surface area contributed by atoms with E-state index in [0.29, 0.717) is 37.9 Å². The van der Waals surface area contributed by atoms with Gasteiger partial charge in [0, 0.05) is 26.1 Å². The molecule has 1 aromatic heterocycles. The van der Waals surface area contributed by atoms with Crippen LogP contribution in [0.3, 0.4) is 0 Å². The van der Waals surface area contributed by atoms with Crippen LogP contribution in [-0.2, 0) is 11.2 Å². The highest BCUT2D eigenvalue weighted by Crippen LogP contribution is 2.40. The number of hydrogen-bond donors (Lipinski definition) is 1. The molecule has 1 saturated carbocycles. The van der Waals surface area contributed by atoms with E-state index in [2.05, 4.69) is 29.6 Å². The van der Waals surface area contributed by atoms with Crippen molar-refractivity contribution >= 4 is 6.09 Å². The lowest BCUT2D eigenvalue weighted by Gasteiger charge is -2.37. The second-order valence-electron chi connectivity index (χ2n) is 9.79. The SMILES string of the molecule is CC(C)(C)OC(=O)N1CCc2c3c(nn2-c2ccc(C4CCC4)cc2)OCCNCC31. The molecule has 1 atom stereocenters. The summed E-state index contributed by atoms with van der Waals surface area (Å²) in [5.74, 6) is 1.35. The molecule has 0 saturated heterocycles. The van der Waals surface area contributed by atoms with Crippen molar-refractivity contribution in [3.05, 3.63) is 41.1 Å². The quantitative estimate of drug-likeness (QED) is 0.790. The molecule has 166 valence electrons. The number of amides is 1. The normalized spacial score (nSPS) is 21.4. The van der Waals surface area contributed by atoms with Gasteiger partial charge in [-0.15, -0.1) is 5.10 Å². The van der Waals surface area contributed by atoms with Crippen LogP contribution in [0.25, 0.3) is 5.69 Å². The van der Waals surface area contributed by atoms with E-state index in [4.69, 9.17) is 14.6 Å². The number of nitrogens with zero attached hydrogens (tertiary/aromatic N) is 3. The molecule has 1 unspecified atom stereocenters. The van der Waals surface area contributed by atoms with Crippen LogP contribution in [0.1, 0.15) is 68.8 Å². The van der Waals surface area contributed by atoms with E-state index in [1.807, 2.05) is 30.4 Å². The summed E-state index contributed by atoms with van der Waals surface area (Å²) in [5, 5.41) is 8.26. The summed E-state index contributed by atoms with van der Waals surface area (Å²) >= 11 is 0. The van der Waals surface area contributed by atoms with E-state index in [9.17, 15) is 4.79 Å². The molecule has 31 heavy (non-hydrogen) atoms. The van der Waals surface area contributed by atoms with Gasteiger partial charge < -0.3 is 14.8 Å². The van der Waals surface area contributed by atoms with Crippen molar-refractivity contribution in [3.8, 4) is 11.6 Å². The Bertz CT molecular complexity index is 956. The van der Waals surface area contributed by atoms with E-state index >= 15 is 0 Å². The molecule has 1 aromatic carbocycles. The highest BCUT2D eigenvalue weighted by atomic mass is 16.6. The molecule has 7 heteroatoms. The lowest BCUT2D eigenvalue weighted by atomic mass is 9.80. The summed E-state index contributed by atoms with van der Waals surface area (Å²) in [6.07, 6.45) is 4.36. The van der Waals surface area contributed by atoms with Gasteiger partial charge in [-0.1, -0.05) is 18.6 Å². The highest BCUT2D eigenvalue weighted by Gasteiger charge is 2.39. The summed E-state index contributed by atoms with van der Waals surface area (Å²) < 4.78 is 13.7. The van der Waals surface area contributed by atoms with Gasteiger partial charge in [0.25, 0.3) is 0 Å². The average Bonchev–Trinajstić information content (AvgIpc) is 3.02. The Labute approximate surface area is 183 Å².